The molecule has 4 amide bonds. The molecular weight excluding hydrogens is 404 g/mol. The van der Waals surface area contributed by atoms with Crippen LogP contribution >= 0.6 is 11.6 Å². The number of piperidine rings is 1. The van der Waals surface area contributed by atoms with Crippen molar-refractivity contribution in [3.05, 3.63) is 29.3 Å². The highest BCUT2D eigenvalue weighted by molar-refractivity contribution is 6.30. The SMILES string of the molecule is CCCC(=O)N1CCC(C(=O)N2CCCN(C(=O)Nc3cccc(Cl)c3)CC2)CC1. The number of carbonyl (C=O) groups excluding carboxylic acids is 3. The summed E-state index contributed by atoms with van der Waals surface area (Å²) in [5.41, 5.74) is 0.661. The second-order valence-electron chi connectivity index (χ2n) is 8.01. The van der Waals surface area contributed by atoms with Gasteiger partial charge in [-0.15, -0.1) is 0 Å². The maximum absolute atomic E-state index is 13.0. The fourth-order valence-electron chi connectivity index (χ4n) is 4.12. The molecule has 1 N–H and O–H groups in total. The van der Waals surface area contributed by atoms with Crippen LogP contribution in [0.3, 0.4) is 0 Å². The fraction of sp³-hybridized carbons (Fsp3) is 0.591. The van der Waals surface area contributed by atoms with Crippen LogP contribution in [0.25, 0.3) is 0 Å². The molecule has 0 aliphatic carbocycles. The summed E-state index contributed by atoms with van der Waals surface area (Å²) in [5, 5.41) is 3.45. The van der Waals surface area contributed by atoms with Gasteiger partial charge in [0.05, 0.1) is 0 Å². The molecule has 8 heteroatoms. The monoisotopic (exact) mass is 434 g/mol. The highest BCUT2D eigenvalue weighted by Crippen LogP contribution is 2.22. The molecule has 0 atom stereocenters. The van der Waals surface area contributed by atoms with Crippen LogP contribution in [0.5, 0.6) is 0 Å². The first-order chi connectivity index (χ1) is 14.5. The van der Waals surface area contributed by atoms with Gasteiger partial charge in [0.1, 0.15) is 0 Å². The van der Waals surface area contributed by atoms with Crippen molar-refractivity contribution >= 4 is 35.1 Å². The number of benzene rings is 1. The average molecular weight is 435 g/mol. The van der Waals surface area contributed by atoms with E-state index < -0.39 is 0 Å². The molecule has 0 saturated carbocycles. The minimum absolute atomic E-state index is 0.0255. The molecule has 0 aromatic heterocycles. The molecule has 7 nitrogen and oxygen atoms in total. The Balaban J connectivity index is 1.48. The van der Waals surface area contributed by atoms with Gasteiger partial charge in [-0.2, -0.15) is 0 Å². The van der Waals surface area contributed by atoms with Gasteiger partial charge < -0.3 is 20.0 Å². The van der Waals surface area contributed by atoms with Gasteiger partial charge in [0.15, 0.2) is 0 Å². The second-order valence-corrected chi connectivity index (χ2v) is 8.45. The molecule has 0 spiro atoms. The Bertz CT molecular complexity index is 765. The van der Waals surface area contributed by atoms with Crippen molar-refractivity contribution < 1.29 is 14.4 Å². The van der Waals surface area contributed by atoms with Gasteiger partial charge in [-0.1, -0.05) is 24.6 Å². The van der Waals surface area contributed by atoms with E-state index in [1.807, 2.05) is 16.7 Å². The predicted octanol–water partition coefficient (Wildman–Crippen LogP) is 3.44. The van der Waals surface area contributed by atoms with Gasteiger partial charge in [-0.05, 0) is 43.9 Å². The van der Waals surface area contributed by atoms with E-state index in [0.29, 0.717) is 56.4 Å². The molecule has 2 saturated heterocycles. The third kappa shape index (κ3) is 5.88. The molecule has 0 bridgehead atoms. The number of nitrogens with zero attached hydrogens (tertiary/aromatic N) is 3. The lowest BCUT2D eigenvalue weighted by atomic mass is 9.95. The minimum atomic E-state index is -0.172. The fourth-order valence-corrected chi connectivity index (χ4v) is 4.31. The summed E-state index contributed by atoms with van der Waals surface area (Å²) in [5.74, 6) is 0.330. The summed E-state index contributed by atoms with van der Waals surface area (Å²) in [6.07, 6.45) is 3.64. The van der Waals surface area contributed by atoms with Crippen molar-refractivity contribution in [2.75, 3.05) is 44.6 Å². The zero-order valence-electron chi connectivity index (χ0n) is 17.6. The Hall–Kier alpha value is -2.28. The van der Waals surface area contributed by atoms with Gasteiger partial charge in [0.2, 0.25) is 11.8 Å². The molecule has 1 aromatic rings. The van der Waals surface area contributed by atoms with Crippen molar-refractivity contribution in [1.29, 1.82) is 0 Å². The topological polar surface area (TPSA) is 73.0 Å². The van der Waals surface area contributed by atoms with Gasteiger partial charge in [0, 0.05) is 62.3 Å². The normalized spacial score (nSPS) is 18.1. The van der Waals surface area contributed by atoms with Crippen LogP contribution in [-0.2, 0) is 9.59 Å². The van der Waals surface area contributed by atoms with Crippen LogP contribution in [-0.4, -0.2) is 71.8 Å². The maximum atomic E-state index is 13.0. The van der Waals surface area contributed by atoms with Crippen LogP contribution in [0.4, 0.5) is 10.5 Å². The molecule has 0 radical (unpaired) electrons. The summed E-state index contributed by atoms with van der Waals surface area (Å²) in [4.78, 5) is 43.2. The molecule has 164 valence electrons. The number of rotatable bonds is 4. The van der Waals surface area contributed by atoms with Crippen molar-refractivity contribution in [2.24, 2.45) is 5.92 Å². The van der Waals surface area contributed by atoms with E-state index >= 15 is 0 Å². The zero-order chi connectivity index (χ0) is 21.5. The van der Waals surface area contributed by atoms with Gasteiger partial charge in [-0.25, -0.2) is 4.79 Å². The van der Waals surface area contributed by atoms with Crippen molar-refractivity contribution in [1.82, 2.24) is 14.7 Å². The molecule has 2 fully saturated rings. The van der Waals surface area contributed by atoms with Crippen LogP contribution in [0.1, 0.15) is 39.0 Å². The second kappa shape index (κ2) is 10.7. The number of hydrogen-bond donors (Lipinski definition) is 1. The predicted molar refractivity (Wildman–Crippen MR) is 117 cm³/mol. The lowest BCUT2D eigenvalue weighted by Crippen LogP contribution is -2.45. The molecule has 2 aliphatic rings. The molecule has 2 heterocycles. The third-order valence-corrected chi connectivity index (χ3v) is 6.07. The number of halogens is 1. The van der Waals surface area contributed by atoms with E-state index in [1.165, 1.54) is 0 Å². The largest absolute Gasteiger partial charge is 0.343 e. The van der Waals surface area contributed by atoms with Crippen LogP contribution in [0.15, 0.2) is 24.3 Å². The first-order valence-corrected chi connectivity index (χ1v) is 11.2. The molecule has 30 heavy (non-hydrogen) atoms. The number of hydrogen-bond acceptors (Lipinski definition) is 3. The number of amides is 4. The lowest BCUT2D eigenvalue weighted by molar-refractivity contribution is -0.140. The number of carbonyl (C=O) groups is 3. The molecule has 1 aromatic carbocycles. The Labute approximate surface area is 183 Å². The van der Waals surface area contributed by atoms with Crippen molar-refractivity contribution in [3.8, 4) is 0 Å². The molecule has 3 rings (SSSR count). The minimum Gasteiger partial charge on any atom is -0.343 e. The Morgan fingerprint density at radius 3 is 2.40 bits per heavy atom. The van der Waals surface area contributed by atoms with E-state index in [1.54, 1.807) is 29.2 Å². The number of likely N-dealkylation sites (tertiary alicyclic amines) is 1. The summed E-state index contributed by atoms with van der Waals surface area (Å²) in [7, 11) is 0. The van der Waals surface area contributed by atoms with E-state index in [4.69, 9.17) is 11.6 Å². The van der Waals surface area contributed by atoms with Crippen molar-refractivity contribution in [2.45, 2.75) is 39.0 Å². The number of anilines is 1. The van der Waals surface area contributed by atoms with E-state index in [0.717, 1.165) is 25.7 Å². The van der Waals surface area contributed by atoms with Gasteiger partial charge in [-0.3, -0.25) is 9.59 Å². The average Bonchev–Trinajstić information content (AvgIpc) is 3.00. The zero-order valence-corrected chi connectivity index (χ0v) is 18.4. The molecule has 2 aliphatic heterocycles. The van der Waals surface area contributed by atoms with Crippen LogP contribution in [0, 0.1) is 5.92 Å². The summed E-state index contributed by atoms with van der Waals surface area (Å²) in [6.45, 7) is 5.65. The summed E-state index contributed by atoms with van der Waals surface area (Å²) in [6, 6.07) is 6.90. The Kier molecular flexibility index (Phi) is 7.96. The van der Waals surface area contributed by atoms with Gasteiger partial charge >= 0.3 is 6.03 Å². The number of nitrogens with one attached hydrogen (secondary N) is 1. The van der Waals surface area contributed by atoms with Crippen molar-refractivity contribution in [3.63, 3.8) is 0 Å². The van der Waals surface area contributed by atoms with Gasteiger partial charge in [0.25, 0.3) is 0 Å². The highest BCUT2D eigenvalue weighted by atomic mass is 35.5. The van der Waals surface area contributed by atoms with E-state index in [-0.39, 0.29) is 23.8 Å². The Morgan fingerprint density at radius 1 is 1.00 bits per heavy atom. The molecular formula is C22H31ClN4O3. The smallest absolute Gasteiger partial charge is 0.321 e. The van der Waals surface area contributed by atoms with Crippen LogP contribution in [0.2, 0.25) is 5.02 Å². The van der Waals surface area contributed by atoms with Crippen LogP contribution < -0.4 is 5.32 Å². The Morgan fingerprint density at radius 2 is 1.70 bits per heavy atom. The molecule has 0 unspecified atom stereocenters. The summed E-state index contributed by atoms with van der Waals surface area (Å²) >= 11 is 5.98. The number of urea groups is 1. The third-order valence-electron chi connectivity index (χ3n) is 5.83. The van der Waals surface area contributed by atoms with E-state index in [9.17, 15) is 14.4 Å². The summed E-state index contributed by atoms with van der Waals surface area (Å²) < 4.78 is 0. The first-order valence-electron chi connectivity index (χ1n) is 10.9. The first kappa shape index (κ1) is 22.4. The standard InChI is InChI=1S/C22H31ClN4O3/c1-2-5-20(28)25-12-8-17(9-13-25)21(29)26-10-4-11-27(15-14-26)22(30)24-19-7-3-6-18(23)16-19/h3,6-7,16-17H,2,4-5,8-15H2,1H3,(H,24,30). The maximum Gasteiger partial charge on any atom is 0.321 e. The van der Waals surface area contributed by atoms with E-state index in [2.05, 4.69) is 5.32 Å². The highest BCUT2D eigenvalue weighted by Gasteiger charge is 2.31. The lowest BCUT2D eigenvalue weighted by Gasteiger charge is -2.34. The quantitative estimate of drug-likeness (QED) is 0.788.